The third kappa shape index (κ3) is 11.6. The van der Waals surface area contributed by atoms with Crippen molar-refractivity contribution in [3.8, 4) is 0 Å². The van der Waals surface area contributed by atoms with Crippen LogP contribution in [0.3, 0.4) is 0 Å². The van der Waals surface area contributed by atoms with E-state index in [0.29, 0.717) is 0 Å². The molecule has 0 aliphatic heterocycles. The topological polar surface area (TPSA) is 70.0 Å². The summed E-state index contributed by atoms with van der Waals surface area (Å²) in [4.78, 5) is 16.1. The van der Waals surface area contributed by atoms with Crippen LogP contribution in [0.1, 0.15) is 6.92 Å². The van der Waals surface area contributed by atoms with E-state index in [9.17, 15) is 9.05 Å². The van der Waals surface area contributed by atoms with E-state index in [1.165, 1.54) is 6.92 Å². The van der Waals surface area contributed by atoms with Gasteiger partial charge in [-0.1, -0.05) is 0 Å². The molecule has 2 N–H and O–H groups in total. The summed E-state index contributed by atoms with van der Waals surface area (Å²) in [5.74, 6) is 0. The van der Waals surface area contributed by atoms with Crippen molar-refractivity contribution in [1.82, 2.24) is 5.12 Å². The summed E-state index contributed by atoms with van der Waals surface area (Å²) >= 11 is 0. The number of rotatable bonds is 4. The minimum atomic E-state index is -4.51. The van der Waals surface area contributed by atoms with Gasteiger partial charge in [0.05, 0.1) is 0 Å². The van der Waals surface area contributed by atoms with Crippen molar-refractivity contribution in [2.24, 2.45) is 0 Å². The molecule has 0 saturated carbocycles. The Kier molecular flexibility index (Phi) is 9.73. The standard InChI is InChI=1S/C3H9FNO4P.K.H/c1-2-5(4)3-9-10(6,7)8;;/h2-3H2,1H3,(H2,6,7,8);;. The van der Waals surface area contributed by atoms with Crippen LogP contribution in [0.5, 0.6) is 0 Å². The number of hydrogen-bond acceptors (Lipinski definition) is 3. The predicted octanol–water partition coefficient (Wildman–Crippen LogP) is -0.389. The number of hydrogen-bond donors (Lipinski definition) is 2. The van der Waals surface area contributed by atoms with Gasteiger partial charge in [0, 0.05) is 6.54 Å². The molecule has 0 unspecified atom stereocenters. The molecule has 0 radical (unpaired) electrons. The fourth-order valence-corrected chi connectivity index (χ4v) is 0.505. The van der Waals surface area contributed by atoms with Crippen molar-refractivity contribution in [2.45, 2.75) is 6.92 Å². The SMILES string of the molecule is CCN(F)COP(=O)(O)O.[KH]. The molecule has 11 heavy (non-hydrogen) atoms. The zero-order valence-electron chi connectivity index (χ0n) is 5.40. The molecule has 0 amide bonds. The van der Waals surface area contributed by atoms with Gasteiger partial charge in [0.25, 0.3) is 0 Å². The molecular weight excluding hydrogens is 203 g/mol. The Bertz CT molecular complexity index is 141. The monoisotopic (exact) mass is 213 g/mol. The first-order valence-electron chi connectivity index (χ1n) is 2.56. The maximum absolute atomic E-state index is 12.0. The van der Waals surface area contributed by atoms with Crippen molar-refractivity contribution in [3.05, 3.63) is 0 Å². The quantitative estimate of drug-likeness (QED) is 0.288. The molecule has 64 valence electrons. The zero-order valence-corrected chi connectivity index (χ0v) is 6.29. The summed E-state index contributed by atoms with van der Waals surface area (Å²) in [5, 5.41) is 0.138. The summed E-state index contributed by atoms with van der Waals surface area (Å²) in [6, 6.07) is 0. The van der Waals surface area contributed by atoms with Gasteiger partial charge in [0.15, 0.2) is 0 Å². The first kappa shape index (κ1) is 15.1. The Balaban J connectivity index is 0. The van der Waals surface area contributed by atoms with Gasteiger partial charge in [-0.3, -0.25) is 4.52 Å². The van der Waals surface area contributed by atoms with Gasteiger partial charge in [-0.05, 0) is 6.92 Å². The van der Waals surface area contributed by atoms with E-state index >= 15 is 0 Å². The summed E-state index contributed by atoms with van der Waals surface area (Å²) in [6.45, 7) is 0.809. The normalized spacial score (nSPS) is 11.4. The van der Waals surface area contributed by atoms with Crippen LogP contribution in [0.2, 0.25) is 0 Å². The first-order valence-corrected chi connectivity index (χ1v) is 4.09. The second-order valence-electron chi connectivity index (χ2n) is 1.53. The van der Waals surface area contributed by atoms with Crippen molar-refractivity contribution in [2.75, 3.05) is 13.3 Å². The summed E-state index contributed by atoms with van der Waals surface area (Å²) in [5.41, 5.74) is 0. The summed E-state index contributed by atoms with van der Waals surface area (Å²) in [6.07, 6.45) is 0. The first-order chi connectivity index (χ1) is 4.45. The van der Waals surface area contributed by atoms with Crippen LogP contribution in [0.15, 0.2) is 0 Å². The second kappa shape index (κ2) is 7.08. The third-order valence-corrected chi connectivity index (χ3v) is 1.16. The molecule has 5 nitrogen and oxygen atoms in total. The second-order valence-corrected chi connectivity index (χ2v) is 2.77. The fraction of sp³-hybridized carbons (Fsp3) is 1.00. The molecule has 0 aliphatic rings. The van der Waals surface area contributed by atoms with E-state index in [2.05, 4.69) is 4.52 Å². The van der Waals surface area contributed by atoms with Gasteiger partial charge in [0.1, 0.15) is 6.73 Å². The molecule has 0 aliphatic carbocycles. The Morgan fingerprint density at radius 2 is 2.09 bits per heavy atom. The molecule has 0 saturated heterocycles. The number of phosphoric ester groups is 1. The van der Waals surface area contributed by atoms with E-state index in [1.807, 2.05) is 0 Å². The van der Waals surface area contributed by atoms with Crippen LogP contribution in [0.25, 0.3) is 0 Å². The van der Waals surface area contributed by atoms with Gasteiger partial charge in [-0.15, -0.1) is 9.60 Å². The molecular formula is C3H10FKNO4P. The Morgan fingerprint density at radius 1 is 1.64 bits per heavy atom. The van der Waals surface area contributed by atoms with Crippen LogP contribution in [-0.4, -0.2) is 79.6 Å². The van der Waals surface area contributed by atoms with Crippen LogP contribution < -0.4 is 0 Å². The van der Waals surface area contributed by atoms with E-state index in [1.54, 1.807) is 0 Å². The molecule has 0 heterocycles. The molecule has 0 aromatic heterocycles. The molecule has 0 spiro atoms. The molecule has 0 fully saturated rings. The van der Waals surface area contributed by atoms with Gasteiger partial charge in [-0.25, -0.2) is 4.57 Å². The Hall–Kier alpha value is 1.64. The Morgan fingerprint density at radius 3 is 2.36 bits per heavy atom. The number of halogens is 1. The average Bonchev–Trinajstić information content (AvgIpc) is 1.81. The van der Waals surface area contributed by atoms with Crippen molar-refractivity contribution < 1.29 is 23.4 Å². The maximum atomic E-state index is 12.0. The summed E-state index contributed by atoms with van der Waals surface area (Å²) < 4.78 is 25.8. The summed E-state index contributed by atoms with van der Waals surface area (Å²) in [7, 11) is -4.51. The van der Waals surface area contributed by atoms with Crippen LogP contribution in [-0.2, 0) is 9.09 Å². The van der Waals surface area contributed by atoms with Crippen LogP contribution in [0.4, 0.5) is 4.48 Å². The molecule has 0 rings (SSSR count). The Labute approximate surface area is 107 Å². The molecule has 0 bridgehead atoms. The number of nitrogens with zero attached hydrogens (tertiary/aromatic N) is 1. The van der Waals surface area contributed by atoms with Crippen LogP contribution >= 0.6 is 7.82 Å². The van der Waals surface area contributed by atoms with Crippen molar-refractivity contribution >= 4 is 59.2 Å². The van der Waals surface area contributed by atoms with Crippen LogP contribution in [0, 0.1) is 0 Å². The molecule has 0 aromatic rings. The van der Waals surface area contributed by atoms with Gasteiger partial charge in [0.2, 0.25) is 0 Å². The molecule has 0 atom stereocenters. The predicted molar refractivity (Wildman–Crippen MR) is 38.6 cm³/mol. The fourth-order valence-electron chi connectivity index (χ4n) is 0.229. The van der Waals surface area contributed by atoms with E-state index in [0.717, 1.165) is 0 Å². The van der Waals surface area contributed by atoms with Gasteiger partial charge >= 0.3 is 59.2 Å². The number of phosphoric acid groups is 1. The molecule has 8 heteroatoms. The van der Waals surface area contributed by atoms with Gasteiger partial charge in [-0.2, -0.15) is 0 Å². The minimum absolute atomic E-state index is 0. The average molecular weight is 213 g/mol. The van der Waals surface area contributed by atoms with E-state index in [-0.39, 0.29) is 63.1 Å². The zero-order chi connectivity index (χ0) is 8.20. The van der Waals surface area contributed by atoms with Gasteiger partial charge < -0.3 is 9.79 Å². The van der Waals surface area contributed by atoms with E-state index in [4.69, 9.17) is 9.79 Å². The molecule has 0 aromatic carbocycles. The van der Waals surface area contributed by atoms with E-state index < -0.39 is 14.6 Å². The van der Waals surface area contributed by atoms with Crippen molar-refractivity contribution in [1.29, 1.82) is 0 Å². The third-order valence-electron chi connectivity index (χ3n) is 0.709. The van der Waals surface area contributed by atoms with Crippen molar-refractivity contribution in [3.63, 3.8) is 0 Å².